The summed E-state index contributed by atoms with van der Waals surface area (Å²) in [6, 6.07) is 14.1. The molecule has 3 aromatic rings. The summed E-state index contributed by atoms with van der Waals surface area (Å²) in [4.78, 5) is 19.7. The van der Waals surface area contributed by atoms with E-state index in [2.05, 4.69) is 4.98 Å². The fraction of sp³-hybridized carbons (Fsp3) is 0.273. The molecule has 1 aliphatic rings. The first-order valence-corrected chi connectivity index (χ1v) is 9.08. The van der Waals surface area contributed by atoms with Crippen LogP contribution in [0.3, 0.4) is 0 Å². The Balaban J connectivity index is 1.70. The van der Waals surface area contributed by atoms with Gasteiger partial charge in [0.1, 0.15) is 11.6 Å². The molecule has 1 fully saturated rings. The topological polar surface area (TPSA) is 42.4 Å². The van der Waals surface area contributed by atoms with E-state index in [1.54, 1.807) is 19.2 Å². The number of hydrogen-bond donors (Lipinski definition) is 0. The van der Waals surface area contributed by atoms with Crippen molar-refractivity contribution in [2.24, 2.45) is 0 Å². The van der Waals surface area contributed by atoms with Gasteiger partial charge in [-0.15, -0.1) is 0 Å². The van der Waals surface area contributed by atoms with Gasteiger partial charge in [-0.25, -0.2) is 4.39 Å². The zero-order valence-electron chi connectivity index (χ0n) is 15.4. The van der Waals surface area contributed by atoms with Crippen molar-refractivity contribution in [2.45, 2.75) is 25.8 Å². The molecule has 4 nitrogen and oxygen atoms in total. The first kappa shape index (κ1) is 17.5. The lowest BCUT2D eigenvalue weighted by Crippen LogP contribution is -2.31. The maximum absolute atomic E-state index is 13.6. The summed E-state index contributed by atoms with van der Waals surface area (Å²) in [6.07, 6.45) is 1.86. The zero-order chi connectivity index (χ0) is 19.0. The van der Waals surface area contributed by atoms with Gasteiger partial charge < -0.3 is 9.64 Å². The quantitative estimate of drug-likeness (QED) is 0.678. The lowest BCUT2D eigenvalue weighted by atomic mass is 10.0. The second-order valence-electron chi connectivity index (χ2n) is 6.89. The number of fused-ring (bicyclic) bond motifs is 1. The standard InChI is InChI=1S/C22H21FN2O2/c1-14-19(13-16-11-17(23)8-9-20(16)24-14)22(26)25-10-4-7-21(25)15-5-3-6-18(12-15)27-2/h3,5-6,8-9,11-13,21H,4,7,10H2,1-2H3/t21-/m0/s1. The molecule has 27 heavy (non-hydrogen) atoms. The summed E-state index contributed by atoms with van der Waals surface area (Å²) in [5, 5.41) is 0.640. The third-order valence-corrected chi connectivity index (χ3v) is 5.19. The molecule has 0 saturated carbocycles. The summed E-state index contributed by atoms with van der Waals surface area (Å²) in [5.74, 6) is 0.393. The molecule has 0 unspecified atom stereocenters. The van der Waals surface area contributed by atoms with Gasteiger partial charge >= 0.3 is 0 Å². The highest BCUT2D eigenvalue weighted by Crippen LogP contribution is 2.35. The molecule has 0 N–H and O–H groups in total. The molecule has 2 aromatic carbocycles. The number of aryl methyl sites for hydroxylation is 1. The van der Waals surface area contributed by atoms with Crippen molar-refractivity contribution in [3.8, 4) is 5.75 Å². The van der Waals surface area contributed by atoms with Crippen LogP contribution in [0.4, 0.5) is 4.39 Å². The predicted molar refractivity (Wildman–Crippen MR) is 102 cm³/mol. The van der Waals surface area contributed by atoms with Crippen molar-refractivity contribution in [1.29, 1.82) is 0 Å². The minimum atomic E-state index is -0.331. The highest BCUT2D eigenvalue weighted by Gasteiger charge is 2.31. The molecule has 0 radical (unpaired) electrons. The van der Waals surface area contributed by atoms with Gasteiger partial charge in [0.05, 0.1) is 29.9 Å². The average molecular weight is 364 g/mol. The summed E-state index contributed by atoms with van der Waals surface area (Å²) < 4.78 is 18.9. The van der Waals surface area contributed by atoms with Crippen LogP contribution >= 0.6 is 0 Å². The molecule has 2 heterocycles. The van der Waals surface area contributed by atoms with Crippen molar-refractivity contribution in [2.75, 3.05) is 13.7 Å². The maximum atomic E-state index is 13.6. The van der Waals surface area contributed by atoms with Gasteiger partial charge in [0, 0.05) is 11.9 Å². The molecule has 1 atom stereocenters. The van der Waals surface area contributed by atoms with Crippen molar-refractivity contribution in [3.63, 3.8) is 0 Å². The number of rotatable bonds is 3. The molecule has 0 spiro atoms. The SMILES string of the molecule is COc1cccc([C@@H]2CCCN2C(=O)c2cc3cc(F)ccc3nc2C)c1. The number of carbonyl (C=O) groups is 1. The van der Waals surface area contributed by atoms with Crippen LogP contribution < -0.4 is 4.74 Å². The van der Waals surface area contributed by atoms with E-state index in [1.165, 1.54) is 12.1 Å². The van der Waals surface area contributed by atoms with Crippen LogP contribution in [0.2, 0.25) is 0 Å². The van der Waals surface area contributed by atoms with Crippen LogP contribution in [0.15, 0.2) is 48.5 Å². The smallest absolute Gasteiger partial charge is 0.256 e. The van der Waals surface area contributed by atoms with Gasteiger partial charge in [-0.05, 0) is 61.7 Å². The lowest BCUT2D eigenvalue weighted by Gasteiger charge is -2.26. The Kier molecular flexibility index (Phi) is 4.52. The van der Waals surface area contributed by atoms with Crippen LogP contribution in [0, 0.1) is 12.7 Å². The highest BCUT2D eigenvalue weighted by molar-refractivity contribution is 5.99. The van der Waals surface area contributed by atoms with Gasteiger partial charge in [-0.3, -0.25) is 9.78 Å². The minimum Gasteiger partial charge on any atom is -0.497 e. The second kappa shape index (κ2) is 6.99. The number of pyridine rings is 1. The first-order valence-electron chi connectivity index (χ1n) is 9.08. The van der Waals surface area contributed by atoms with Crippen molar-refractivity contribution in [1.82, 2.24) is 9.88 Å². The molecule has 0 bridgehead atoms. The Morgan fingerprint density at radius 2 is 2.07 bits per heavy atom. The molecule has 138 valence electrons. The number of nitrogens with zero attached hydrogens (tertiary/aromatic N) is 2. The number of ether oxygens (including phenoxy) is 1. The van der Waals surface area contributed by atoms with E-state index in [1.807, 2.05) is 36.1 Å². The number of benzene rings is 2. The van der Waals surface area contributed by atoms with Crippen LogP contribution in [0.25, 0.3) is 10.9 Å². The van der Waals surface area contributed by atoms with Crippen LogP contribution in [-0.4, -0.2) is 29.4 Å². The second-order valence-corrected chi connectivity index (χ2v) is 6.89. The van der Waals surface area contributed by atoms with Gasteiger partial charge in [0.15, 0.2) is 0 Å². The molecule has 1 amide bonds. The minimum absolute atomic E-state index is 0.00945. The monoisotopic (exact) mass is 364 g/mol. The van der Waals surface area contributed by atoms with Gasteiger partial charge in [0.25, 0.3) is 5.91 Å². The van der Waals surface area contributed by atoms with E-state index in [-0.39, 0.29) is 17.8 Å². The van der Waals surface area contributed by atoms with E-state index in [0.717, 1.165) is 24.2 Å². The van der Waals surface area contributed by atoms with E-state index in [9.17, 15) is 9.18 Å². The van der Waals surface area contributed by atoms with Crippen LogP contribution in [-0.2, 0) is 0 Å². The van der Waals surface area contributed by atoms with E-state index in [4.69, 9.17) is 4.74 Å². The summed E-state index contributed by atoms with van der Waals surface area (Å²) in [7, 11) is 1.64. The Bertz CT molecular complexity index is 1020. The van der Waals surface area contributed by atoms with E-state index >= 15 is 0 Å². The Morgan fingerprint density at radius 3 is 2.89 bits per heavy atom. The highest BCUT2D eigenvalue weighted by atomic mass is 19.1. The molecular weight excluding hydrogens is 343 g/mol. The number of halogens is 1. The fourth-order valence-corrected chi connectivity index (χ4v) is 3.82. The fourth-order valence-electron chi connectivity index (χ4n) is 3.82. The summed E-state index contributed by atoms with van der Waals surface area (Å²) in [6.45, 7) is 2.52. The van der Waals surface area contributed by atoms with Gasteiger partial charge in [0.2, 0.25) is 0 Å². The zero-order valence-corrected chi connectivity index (χ0v) is 15.4. The maximum Gasteiger partial charge on any atom is 0.256 e. The van der Waals surface area contributed by atoms with Crippen LogP contribution in [0.1, 0.15) is 40.5 Å². The number of aromatic nitrogens is 1. The molecule has 4 rings (SSSR count). The molecule has 5 heteroatoms. The normalized spacial score (nSPS) is 16.7. The van der Waals surface area contributed by atoms with Crippen molar-refractivity contribution < 1.29 is 13.9 Å². The average Bonchev–Trinajstić information content (AvgIpc) is 3.17. The molecule has 0 aliphatic carbocycles. The molecule has 1 aromatic heterocycles. The number of methoxy groups -OCH3 is 1. The Morgan fingerprint density at radius 1 is 1.22 bits per heavy atom. The number of hydrogen-bond acceptors (Lipinski definition) is 3. The van der Waals surface area contributed by atoms with Crippen molar-refractivity contribution in [3.05, 3.63) is 71.2 Å². The predicted octanol–water partition coefficient (Wildman–Crippen LogP) is 4.67. The molecule has 1 aliphatic heterocycles. The largest absolute Gasteiger partial charge is 0.497 e. The summed E-state index contributed by atoms with van der Waals surface area (Å²) >= 11 is 0. The molecular formula is C22H21FN2O2. The number of amides is 1. The number of carbonyl (C=O) groups excluding carboxylic acids is 1. The van der Waals surface area contributed by atoms with Gasteiger partial charge in [-0.2, -0.15) is 0 Å². The third kappa shape index (κ3) is 3.25. The molecule has 1 saturated heterocycles. The number of likely N-dealkylation sites (tertiary alicyclic amines) is 1. The Hall–Kier alpha value is -2.95. The Labute approximate surface area is 157 Å². The van der Waals surface area contributed by atoms with Crippen LogP contribution in [0.5, 0.6) is 5.75 Å². The third-order valence-electron chi connectivity index (χ3n) is 5.19. The van der Waals surface area contributed by atoms with Gasteiger partial charge in [-0.1, -0.05) is 12.1 Å². The van der Waals surface area contributed by atoms with E-state index < -0.39 is 0 Å². The van der Waals surface area contributed by atoms with E-state index in [0.29, 0.717) is 28.7 Å². The van der Waals surface area contributed by atoms with Crippen molar-refractivity contribution >= 4 is 16.8 Å². The summed E-state index contributed by atoms with van der Waals surface area (Å²) in [5.41, 5.74) is 2.95. The lowest BCUT2D eigenvalue weighted by molar-refractivity contribution is 0.0734. The first-order chi connectivity index (χ1) is 13.1.